The van der Waals surface area contributed by atoms with Crippen molar-refractivity contribution < 1.29 is 14.3 Å². The number of ether oxygens (including phenoxy) is 2. The predicted molar refractivity (Wildman–Crippen MR) is 72.1 cm³/mol. The Morgan fingerprint density at radius 2 is 2.06 bits per heavy atom. The van der Waals surface area contributed by atoms with Gasteiger partial charge in [0.25, 0.3) is 0 Å². The first kappa shape index (κ1) is 12.6. The van der Waals surface area contributed by atoms with E-state index in [4.69, 9.17) is 9.47 Å². The summed E-state index contributed by atoms with van der Waals surface area (Å²) >= 11 is 4.88. The summed E-state index contributed by atoms with van der Waals surface area (Å²) in [6, 6.07) is 3.58. The molecule has 1 heterocycles. The molecule has 0 radical (unpaired) electrons. The highest BCUT2D eigenvalue weighted by molar-refractivity contribution is 9.10. The summed E-state index contributed by atoms with van der Waals surface area (Å²) in [5.74, 6) is 1.76. The van der Waals surface area contributed by atoms with E-state index < -0.39 is 0 Å². The Labute approximate surface area is 112 Å². The zero-order valence-corrected chi connectivity index (χ0v) is 11.7. The van der Waals surface area contributed by atoms with E-state index in [0.717, 1.165) is 4.47 Å². The summed E-state index contributed by atoms with van der Waals surface area (Å²) in [7, 11) is 0. The SMILES string of the molecule is CSCC(=O)Nc1cc2c(cc1Br)OCCO2. The van der Waals surface area contributed by atoms with Gasteiger partial charge in [0.15, 0.2) is 11.5 Å². The minimum absolute atomic E-state index is 0.0325. The zero-order valence-electron chi connectivity index (χ0n) is 9.29. The van der Waals surface area contributed by atoms with Crippen molar-refractivity contribution in [2.75, 3.05) is 30.5 Å². The molecular weight excluding hydrogens is 306 g/mol. The third kappa shape index (κ3) is 3.07. The van der Waals surface area contributed by atoms with Gasteiger partial charge in [-0.05, 0) is 22.2 Å². The lowest BCUT2D eigenvalue weighted by Gasteiger charge is -2.20. The maximum Gasteiger partial charge on any atom is 0.234 e. The van der Waals surface area contributed by atoms with Crippen LogP contribution in [0.3, 0.4) is 0 Å². The van der Waals surface area contributed by atoms with Crippen LogP contribution in [0.25, 0.3) is 0 Å². The molecule has 4 nitrogen and oxygen atoms in total. The molecule has 1 aliphatic rings. The zero-order chi connectivity index (χ0) is 12.3. The monoisotopic (exact) mass is 317 g/mol. The molecule has 0 fully saturated rings. The lowest BCUT2D eigenvalue weighted by Crippen LogP contribution is -2.17. The quantitative estimate of drug-likeness (QED) is 0.930. The molecule has 92 valence electrons. The number of carbonyl (C=O) groups is 1. The van der Waals surface area contributed by atoms with Crippen LogP contribution in [-0.4, -0.2) is 31.1 Å². The van der Waals surface area contributed by atoms with Gasteiger partial charge in [0, 0.05) is 16.6 Å². The fraction of sp³-hybridized carbons (Fsp3) is 0.364. The van der Waals surface area contributed by atoms with Gasteiger partial charge in [0.05, 0.1) is 11.4 Å². The molecule has 0 unspecified atom stereocenters. The first-order chi connectivity index (χ1) is 8.20. The smallest absolute Gasteiger partial charge is 0.234 e. The van der Waals surface area contributed by atoms with Gasteiger partial charge in [0.1, 0.15) is 13.2 Å². The number of hydrogen-bond donors (Lipinski definition) is 1. The van der Waals surface area contributed by atoms with E-state index in [1.807, 2.05) is 12.3 Å². The highest BCUT2D eigenvalue weighted by atomic mass is 79.9. The van der Waals surface area contributed by atoms with Gasteiger partial charge >= 0.3 is 0 Å². The van der Waals surface area contributed by atoms with Gasteiger partial charge in [0.2, 0.25) is 5.91 Å². The number of anilines is 1. The van der Waals surface area contributed by atoms with Gasteiger partial charge in [-0.2, -0.15) is 11.8 Å². The van der Waals surface area contributed by atoms with E-state index in [-0.39, 0.29) is 5.91 Å². The van der Waals surface area contributed by atoms with Crippen molar-refractivity contribution in [3.63, 3.8) is 0 Å². The maximum atomic E-state index is 11.5. The molecule has 1 amide bonds. The number of hydrogen-bond acceptors (Lipinski definition) is 4. The minimum atomic E-state index is -0.0325. The Morgan fingerprint density at radius 1 is 1.41 bits per heavy atom. The number of halogens is 1. The third-order valence-corrected chi connectivity index (χ3v) is 3.39. The van der Waals surface area contributed by atoms with Crippen molar-refractivity contribution in [1.82, 2.24) is 0 Å². The maximum absolute atomic E-state index is 11.5. The number of amides is 1. The molecule has 0 aromatic heterocycles. The van der Waals surface area contributed by atoms with Crippen LogP contribution in [0.15, 0.2) is 16.6 Å². The highest BCUT2D eigenvalue weighted by Crippen LogP contribution is 2.38. The number of nitrogens with one attached hydrogen (secondary N) is 1. The van der Waals surface area contributed by atoms with Crippen LogP contribution >= 0.6 is 27.7 Å². The fourth-order valence-electron chi connectivity index (χ4n) is 1.48. The number of thioether (sulfide) groups is 1. The number of benzene rings is 1. The van der Waals surface area contributed by atoms with Crippen molar-refractivity contribution in [1.29, 1.82) is 0 Å². The molecule has 0 spiro atoms. The Bertz CT molecular complexity index is 439. The number of fused-ring (bicyclic) bond motifs is 1. The van der Waals surface area contributed by atoms with Crippen molar-refractivity contribution in [3.05, 3.63) is 16.6 Å². The highest BCUT2D eigenvalue weighted by Gasteiger charge is 2.15. The van der Waals surface area contributed by atoms with Gasteiger partial charge < -0.3 is 14.8 Å². The summed E-state index contributed by atoms with van der Waals surface area (Å²) in [4.78, 5) is 11.5. The number of carbonyl (C=O) groups excluding carboxylic acids is 1. The second-order valence-corrected chi connectivity index (χ2v) is 5.18. The van der Waals surface area contributed by atoms with E-state index in [1.165, 1.54) is 11.8 Å². The second kappa shape index (κ2) is 5.64. The predicted octanol–water partition coefficient (Wildman–Crippen LogP) is 2.52. The van der Waals surface area contributed by atoms with E-state index in [1.54, 1.807) is 6.07 Å². The Morgan fingerprint density at radius 3 is 2.71 bits per heavy atom. The number of rotatable bonds is 3. The van der Waals surface area contributed by atoms with E-state index in [0.29, 0.717) is 36.2 Å². The molecule has 6 heteroatoms. The first-order valence-corrected chi connectivity index (χ1v) is 7.27. The second-order valence-electron chi connectivity index (χ2n) is 3.46. The lowest BCUT2D eigenvalue weighted by molar-refractivity contribution is -0.113. The third-order valence-electron chi connectivity index (χ3n) is 2.18. The van der Waals surface area contributed by atoms with Crippen LogP contribution in [0, 0.1) is 0 Å². The van der Waals surface area contributed by atoms with Crippen LogP contribution in [0.4, 0.5) is 5.69 Å². The first-order valence-electron chi connectivity index (χ1n) is 5.08. The van der Waals surface area contributed by atoms with Gasteiger partial charge in [-0.3, -0.25) is 4.79 Å². The molecule has 1 aromatic carbocycles. The van der Waals surface area contributed by atoms with Crippen LogP contribution in [0.5, 0.6) is 11.5 Å². The summed E-state index contributed by atoms with van der Waals surface area (Å²) in [6.45, 7) is 1.09. The standard InChI is InChI=1S/C11H12BrNO3S/c1-17-6-11(14)13-8-5-10-9(4-7(8)12)15-2-3-16-10/h4-5H,2-3,6H2,1H3,(H,13,14). The fourth-order valence-corrected chi connectivity index (χ4v) is 2.23. The van der Waals surface area contributed by atoms with E-state index in [2.05, 4.69) is 21.2 Å². The molecular formula is C11H12BrNO3S. The van der Waals surface area contributed by atoms with Crippen molar-refractivity contribution in [2.45, 2.75) is 0 Å². The molecule has 0 saturated heterocycles. The molecule has 2 rings (SSSR count). The average Bonchev–Trinajstić information content (AvgIpc) is 2.30. The molecule has 1 N–H and O–H groups in total. The molecule has 0 saturated carbocycles. The Kier molecular flexibility index (Phi) is 4.17. The molecule has 0 bridgehead atoms. The summed E-state index contributed by atoms with van der Waals surface area (Å²) in [5.41, 5.74) is 0.702. The van der Waals surface area contributed by atoms with Crippen LogP contribution in [0.1, 0.15) is 0 Å². The lowest BCUT2D eigenvalue weighted by atomic mass is 10.2. The van der Waals surface area contributed by atoms with E-state index >= 15 is 0 Å². The van der Waals surface area contributed by atoms with E-state index in [9.17, 15) is 4.79 Å². The summed E-state index contributed by atoms with van der Waals surface area (Å²) in [5, 5.41) is 2.82. The van der Waals surface area contributed by atoms with Crippen LogP contribution in [-0.2, 0) is 4.79 Å². The molecule has 17 heavy (non-hydrogen) atoms. The largest absolute Gasteiger partial charge is 0.486 e. The summed E-state index contributed by atoms with van der Waals surface area (Å²) in [6.07, 6.45) is 1.89. The van der Waals surface area contributed by atoms with Crippen LogP contribution < -0.4 is 14.8 Å². The molecule has 0 aliphatic carbocycles. The average molecular weight is 318 g/mol. The van der Waals surface area contributed by atoms with Gasteiger partial charge in [-0.15, -0.1) is 0 Å². The molecule has 0 atom stereocenters. The van der Waals surface area contributed by atoms with Gasteiger partial charge in [-0.1, -0.05) is 0 Å². The minimum Gasteiger partial charge on any atom is -0.486 e. The Balaban J connectivity index is 2.19. The molecule has 1 aliphatic heterocycles. The van der Waals surface area contributed by atoms with Crippen molar-refractivity contribution >= 4 is 39.3 Å². The van der Waals surface area contributed by atoms with Crippen molar-refractivity contribution in [3.8, 4) is 11.5 Å². The van der Waals surface area contributed by atoms with Crippen LogP contribution in [0.2, 0.25) is 0 Å². The van der Waals surface area contributed by atoms with Gasteiger partial charge in [-0.25, -0.2) is 0 Å². The summed E-state index contributed by atoms with van der Waals surface area (Å²) < 4.78 is 11.7. The topological polar surface area (TPSA) is 47.6 Å². The molecule has 1 aromatic rings. The van der Waals surface area contributed by atoms with Crippen molar-refractivity contribution in [2.24, 2.45) is 0 Å². The normalized spacial score (nSPS) is 13.3. The Hall–Kier alpha value is -0.880.